The van der Waals surface area contributed by atoms with Gasteiger partial charge in [0, 0.05) is 55.9 Å². The molecule has 7 rings (SSSR count). The third kappa shape index (κ3) is 5.70. The largest absolute Gasteiger partial charge is 0.354 e. The number of rotatable bonds is 6. The maximum Gasteiger partial charge on any atom is 0.270 e. The summed E-state index contributed by atoms with van der Waals surface area (Å²) in [5, 5.41) is 18.7. The Morgan fingerprint density at radius 1 is 0.889 bits per heavy atom. The number of nitro groups is 1. The molecule has 10 nitrogen and oxygen atoms in total. The summed E-state index contributed by atoms with van der Waals surface area (Å²) in [5.41, 5.74) is 4.46. The fourth-order valence-corrected chi connectivity index (χ4v) is 5.88. The highest BCUT2D eigenvalue weighted by molar-refractivity contribution is 6.00. The zero-order chi connectivity index (χ0) is 30.9. The average Bonchev–Trinajstić information content (AvgIpc) is 3.34. The number of fused-ring (bicyclic) bond motifs is 2. The number of amides is 1. The Kier molecular flexibility index (Phi) is 7.38. The molecule has 0 radical (unpaired) electrons. The van der Waals surface area contributed by atoms with Crippen LogP contribution >= 0.6 is 0 Å². The number of nitrogens with zero attached hydrogens (tertiary/aromatic N) is 6. The fourth-order valence-electron chi connectivity index (χ4n) is 5.88. The maximum atomic E-state index is 13.4. The highest BCUT2D eigenvalue weighted by atomic mass is 16.6. The monoisotopic (exact) mass is 598 g/mol. The molecule has 1 aliphatic heterocycles. The van der Waals surface area contributed by atoms with Crippen molar-refractivity contribution in [1.29, 1.82) is 0 Å². The first-order valence-corrected chi connectivity index (χ1v) is 14.9. The van der Waals surface area contributed by atoms with Crippen LogP contribution in [0.3, 0.4) is 0 Å². The van der Waals surface area contributed by atoms with Crippen molar-refractivity contribution in [3.05, 3.63) is 124 Å². The summed E-state index contributed by atoms with van der Waals surface area (Å²) in [5.74, 6) is 1.11. The minimum atomic E-state index is -0.485. The van der Waals surface area contributed by atoms with E-state index in [0.717, 1.165) is 33.1 Å². The smallest absolute Gasteiger partial charge is 0.270 e. The summed E-state index contributed by atoms with van der Waals surface area (Å²) in [4.78, 5) is 38.0. The summed E-state index contributed by atoms with van der Waals surface area (Å²) in [7, 11) is 0. The van der Waals surface area contributed by atoms with Crippen molar-refractivity contribution in [3.63, 3.8) is 0 Å². The Balaban J connectivity index is 1.25. The van der Waals surface area contributed by atoms with Crippen LogP contribution in [0, 0.1) is 17.0 Å². The molecule has 10 heteroatoms. The Bertz CT molecular complexity index is 2060. The normalized spacial score (nSPS) is 13.7. The molecule has 0 aliphatic carbocycles. The molecule has 0 bridgehead atoms. The van der Waals surface area contributed by atoms with E-state index in [1.54, 1.807) is 17.0 Å². The van der Waals surface area contributed by atoms with E-state index in [1.807, 2.05) is 18.2 Å². The first-order chi connectivity index (χ1) is 21.9. The molecule has 4 aromatic carbocycles. The molecule has 0 saturated carbocycles. The van der Waals surface area contributed by atoms with Crippen molar-refractivity contribution in [2.24, 2.45) is 0 Å². The highest BCUT2D eigenvalue weighted by Crippen LogP contribution is 2.36. The van der Waals surface area contributed by atoms with Crippen LogP contribution in [0.25, 0.3) is 33.1 Å². The lowest BCUT2D eigenvalue weighted by Crippen LogP contribution is -2.35. The molecule has 6 aromatic rings. The number of carbonyl (C=O) groups excluding carboxylic acids is 1. The van der Waals surface area contributed by atoms with Gasteiger partial charge >= 0.3 is 0 Å². The lowest BCUT2D eigenvalue weighted by molar-refractivity contribution is -0.384. The summed E-state index contributed by atoms with van der Waals surface area (Å²) in [6.07, 6.45) is 1.22. The molecule has 45 heavy (non-hydrogen) atoms. The predicted molar refractivity (Wildman–Crippen MR) is 172 cm³/mol. The molecule has 1 fully saturated rings. The number of aromatic nitrogens is 3. The topological polar surface area (TPSA) is 118 Å². The van der Waals surface area contributed by atoms with Gasteiger partial charge in [-0.05, 0) is 41.8 Å². The number of hydrogen-bond donors (Lipinski definition) is 0. The lowest BCUT2D eigenvalue weighted by atomic mass is 10.0. The average molecular weight is 599 g/mol. The molecule has 0 N–H and O–H groups in total. The quantitative estimate of drug-likeness (QED) is 0.155. The summed E-state index contributed by atoms with van der Waals surface area (Å²) < 4.78 is 5.88. The molecule has 0 unspecified atom stereocenters. The molecule has 1 amide bonds. The van der Waals surface area contributed by atoms with Gasteiger partial charge in [-0.3, -0.25) is 14.9 Å². The van der Waals surface area contributed by atoms with Crippen molar-refractivity contribution in [3.8, 4) is 11.3 Å². The number of non-ortho nitro benzene ring substituents is 1. The van der Waals surface area contributed by atoms with E-state index in [0.29, 0.717) is 61.8 Å². The van der Waals surface area contributed by atoms with Crippen molar-refractivity contribution in [2.75, 3.05) is 31.1 Å². The molecule has 3 heterocycles. The zero-order valence-corrected chi connectivity index (χ0v) is 24.7. The van der Waals surface area contributed by atoms with Gasteiger partial charge in [-0.2, -0.15) is 4.98 Å². The van der Waals surface area contributed by atoms with E-state index in [-0.39, 0.29) is 11.6 Å². The number of aryl methyl sites for hydroxylation is 1. The number of nitro benzene ring substituents is 1. The first kappa shape index (κ1) is 28.1. The van der Waals surface area contributed by atoms with Crippen molar-refractivity contribution in [2.45, 2.75) is 19.8 Å². The van der Waals surface area contributed by atoms with Gasteiger partial charge in [-0.25, -0.2) is 4.98 Å². The standard InChI is InChI=1S/C35H30N6O4/c1-23-10-12-24(13-11-23)20-30-36-33(31-32(38-45-34(31)37-30)27-15-14-25-6-2-3-7-26(25)21-27)39-16-5-17-40(19-18-39)35(42)28-8-4-9-29(22-28)41(43)44/h2-4,6-15,21-22H,5,16-20H2,1H3. The SMILES string of the molecule is Cc1ccc(Cc2nc(N3CCCN(C(=O)c4cccc([N+](=O)[O-])c4)CC3)c3c(-c4ccc5ccccc5c4)noc3n2)cc1. The van der Waals surface area contributed by atoms with Crippen molar-refractivity contribution < 1.29 is 14.2 Å². The van der Waals surface area contributed by atoms with E-state index >= 15 is 0 Å². The Hall–Kier alpha value is -5.64. The second-order valence-electron chi connectivity index (χ2n) is 11.3. The van der Waals surface area contributed by atoms with Gasteiger partial charge < -0.3 is 14.3 Å². The van der Waals surface area contributed by atoms with Crippen LogP contribution in [-0.2, 0) is 6.42 Å². The van der Waals surface area contributed by atoms with E-state index < -0.39 is 4.92 Å². The minimum absolute atomic E-state index is 0.101. The van der Waals surface area contributed by atoms with E-state index in [2.05, 4.69) is 65.5 Å². The van der Waals surface area contributed by atoms with Gasteiger partial charge in [0.25, 0.3) is 17.3 Å². The second-order valence-corrected chi connectivity index (χ2v) is 11.3. The summed E-state index contributed by atoms with van der Waals surface area (Å²) in [6, 6.07) is 28.6. The van der Waals surface area contributed by atoms with Crippen LogP contribution in [0.1, 0.15) is 33.7 Å². The predicted octanol–water partition coefficient (Wildman–Crippen LogP) is 6.60. The molecular weight excluding hydrogens is 568 g/mol. The Labute approximate surface area is 259 Å². The summed E-state index contributed by atoms with van der Waals surface area (Å²) >= 11 is 0. The van der Waals surface area contributed by atoms with E-state index in [9.17, 15) is 14.9 Å². The van der Waals surface area contributed by atoms with Crippen LogP contribution in [0.2, 0.25) is 0 Å². The number of anilines is 1. The molecule has 0 atom stereocenters. The first-order valence-electron chi connectivity index (χ1n) is 14.9. The third-order valence-corrected chi connectivity index (χ3v) is 8.26. The van der Waals surface area contributed by atoms with Crippen LogP contribution in [0.5, 0.6) is 0 Å². The molecule has 2 aromatic heterocycles. The van der Waals surface area contributed by atoms with Crippen molar-refractivity contribution >= 4 is 39.3 Å². The van der Waals surface area contributed by atoms with Crippen LogP contribution < -0.4 is 4.90 Å². The van der Waals surface area contributed by atoms with Gasteiger partial charge in [0.1, 0.15) is 22.7 Å². The van der Waals surface area contributed by atoms with Crippen LogP contribution in [0.4, 0.5) is 11.5 Å². The third-order valence-electron chi connectivity index (χ3n) is 8.26. The number of benzene rings is 4. The van der Waals surface area contributed by atoms with Crippen LogP contribution in [0.15, 0.2) is 95.5 Å². The molecule has 1 aliphatic rings. The van der Waals surface area contributed by atoms with Gasteiger partial charge in [-0.15, -0.1) is 0 Å². The van der Waals surface area contributed by atoms with Gasteiger partial charge in [0.15, 0.2) is 0 Å². The maximum absolute atomic E-state index is 13.4. The highest BCUT2D eigenvalue weighted by Gasteiger charge is 2.27. The van der Waals surface area contributed by atoms with Gasteiger partial charge in [0.05, 0.1) is 4.92 Å². The Morgan fingerprint density at radius 2 is 1.71 bits per heavy atom. The van der Waals surface area contributed by atoms with Crippen molar-refractivity contribution in [1.82, 2.24) is 20.0 Å². The molecular formula is C35H30N6O4. The van der Waals surface area contributed by atoms with Crippen LogP contribution in [-0.4, -0.2) is 57.0 Å². The number of hydrogen-bond acceptors (Lipinski definition) is 8. The van der Waals surface area contributed by atoms with E-state index in [4.69, 9.17) is 14.5 Å². The molecule has 0 spiro atoms. The zero-order valence-electron chi connectivity index (χ0n) is 24.7. The molecule has 224 valence electrons. The lowest BCUT2D eigenvalue weighted by Gasteiger charge is -2.24. The fraction of sp³-hybridized carbons (Fsp3) is 0.200. The number of carbonyl (C=O) groups is 1. The van der Waals surface area contributed by atoms with Gasteiger partial charge in [-0.1, -0.05) is 77.5 Å². The summed E-state index contributed by atoms with van der Waals surface area (Å²) in [6.45, 7) is 4.16. The van der Waals surface area contributed by atoms with Gasteiger partial charge in [0.2, 0.25) is 0 Å². The van der Waals surface area contributed by atoms with E-state index in [1.165, 1.54) is 17.7 Å². The minimum Gasteiger partial charge on any atom is -0.354 e. The second kappa shape index (κ2) is 11.8. The molecule has 1 saturated heterocycles. The Morgan fingerprint density at radius 3 is 2.53 bits per heavy atom.